The monoisotopic (exact) mass is 285 g/mol. The lowest BCUT2D eigenvalue weighted by Crippen LogP contribution is -2.26. The van der Waals surface area contributed by atoms with Gasteiger partial charge in [0.2, 0.25) is 0 Å². The van der Waals surface area contributed by atoms with Crippen LogP contribution in [0.1, 0.15) is 30.0 Å². The Morgan fingerprint density at radius 1 is 1.00 bits per heavy atom. The Balaban J connectivity index is 1.76. The topological polar surface area (TPSA) is 52.5 Å². The van der Waals surface area contributed by atoms with Gasteiger partial charge in [-0.1, -0.05) is 36.4 Å². The van der Waals surface area contributed by atoms with Crippen molar-refractivity contribution in [3.8, 4) is 5.75 Å². The molecule has 2 aromatic rings. The molecule has 0 amide bonds. The molecular weight excluding hydrogens is 262 g/mol. The fourth-order valence-corrected chi connectivity index (χ4v) is 2.28. The van der Waals surface area contributed by atoms with Gasteiger partial charge in [0.25, 0.3) is 0 Å². The smallest absolute Gasteiger partial charge is 0.115 e. The predicted octanol–water partition coefficient (Wildman–Crippen LogP) is 3.00. The molecule has 21 heavy (non-hydrogen) atoms. The van der Waals surface area contributed by atoms with Crippen LogP contribution in [-0.4, -0.2) is 16.3 Å². The van der Waals surface area contributed by atoms with E-state index in [0.29, 0.717) is 11.8 Å². The van der Waals surface area contributed by atoms with Crippen molar-refractivity contribution in [2.45, 2.75) is 39.0 Å². The maximum Gasteiger partial charge on any atom is 0.115 e. The summed E-state index contributed by atoms with van der Waals surface area (Å²) in [4.78, 5) is 0. The van der Waals surface area contributed by atoms with Gasteiger partial charge in [-0.15, -0.1) is 0 Å². The van der Waals surface area contributed by atoms with Crippen molar-refractivity contribution in [3.05, 3.63) is 65.2 Å². The van der Waals surface area contributed by atoms with Gasteiger partial charge in [-0.05, 0) is 48.6 Å². The van der Waals surface area contributed by atoms with Crippen molar-refractivity contribution >= 4 is 0 Å². The minimum atomic E-state index is 0.0875. The average molecular weight is 285 g/mol. The first-order valence-corrected chi connectivity index (χ1v) is 7.37. The lowest BCUT2D eigenvalue weighted by atomic mass is 10.1. The minimum Gasteiger partial charge on any atom is -0.508 e. The summed E-state index contributed by atoms with van der Waals surface area (Å²) in [6, 6.07) is 15.8. The highest BCUT2D eigenvalue weighted by Gasteiger charge is 2.03. The fraction of sp³-hybridized carbons (Fsp3) is 0.333. The first kappa shape index (κ1) is 15.5. The van der Waals surface area contributed by atoms with Crippen LogP contribution >= 0.6 is 0 Å². The number of aryl methyl sites for hydroxylation is 1. The van der Waals surface area contributed by atoms with Crippen LogP contribution < -0.4 is 5.32 Å². The Bertz CT molecular complexity index is 551. The molecule has 0 spiro atoms. The highest BCUT2D eigenvalue weighted by atomic mass is 16.3. The summed E-state index contributed by atoms with van der Waals surface area (Å²) in [5.74, 6) is 0.314. The molecular formula is C18H23NO2. The molecule has 0 fully saturated rings. The first-order chi connectivity index (χ1) is 10.2. The van der Waals surface area contributed by atoms with Gasteiger partial charge in [-0.3, -0.25) is 0 Å². The zero-order valence-corrected chi connectivity index (χ0v) is 12.4. The van der Waals surface area contributed by atoms with Crippen LogP contribution in [-0.2, 0) is 19.6 Å². The van der Waals surface area contributed by atoms with Crippen molar-refractivity contribution in [1.29, 1.82) is 0 Å². The molecule has 1 atom stereocenters. The molecule has 3 nitrogen and oxygen atoms in total. The molecule has 0 bridgehead atoms. The van der Waals surface area contributed by atoms with Gasteiger partial charge in [0.1, 0.15) is 5.75 Å². The molecule has 0 radical (unpaired) electrons. The van der Waals surface area contributed by atoms with E-state index >= 15 is 0 Å². The first-order valence-electron chi connectivity index (χ1n) is 7.37. The largest absolute Gasteiger partial charge is 0.508 e. The SMILES string of the molecule is CC(CCc1ccc(O)cc1)NCc1cccc(CO)c1. The molecule has 0 aliphatic rings. The lowest BCUT2D eigenvalue weighted by molar-refractivity contribution is 0.281. The van der Waals surface area contributed by atoms with Gasteiger partial charge in [0.05, 0.1) is 6.61 Å². The van der Waals surface area contributed by atoms with E-state index < -0.39 is 0 Å². The van der Waals surface area contributed by atoms with Crippen LogP contribution in [0.4, 0.5) is 0 Å². The molecule has 0 aliphatic heterocycles. The molecule has 0 saturated carbocycles. The molecule has 2 rings (SSSR count). The minimum absolute atomic E-state index is 0.0875. The molecule has 0 aromatic heterocycles. The number of nitrogens with one attached hydrogen (secondary N) is 1. The van der Waals surface area contributed by atoms with Gasteiger partial charge in [0, 0.05) is 12.6 Å². The van der Waals surface area contributed by atoms with Crippen LogP contribution in [0.3, 0.4) is 0 Å². The average Bonchev–Trinajstić information content (AvgIpc) is 2.52. The molecule has 0 saturated heterocycles. The van der Waals surface area contributed by atoms with Crippen LogP contribution in [0.15, 0.2) is 48.5 Å². The van der Waals surface area contributed by atoms with E-state index in [0.717, 1.165) is 24.9 Å². The number of rotatable bonds is 7. The normalized spacial score (nSPS) is 12.3. The summed E-state index contributed by atoms with van der Waals surface area (Å²) in [6.07, 6.45) is 2.04. The summed E-state index contributed by atoms with van der Waals surface area (Å²) in [5, 5.41) is 21.9. The summed E-state index contributed by atoms with van der Waals surface area (Å²) >= 11 is 0. The van der Waals surface area contributed by atoms with E-state index in [1.807, 2.05) is 30.3 Å². The van der Waals surface area contributed by atoms with E-state index in [2.05, 4.69) is 18.3 Å². The number of phenolic OH excluding ortho intramolecular Hbond substituents is 1. The highest BCUT2D eigenvalue weighted by Crippen LogP contribution is 2.12. The van der Waals surface area contributed by atoms with E-state index in [4.69, 9.17) is 5.11 Å². The lowest BCUT2D eigenvalue weighted by Gasteiger charge is -2.14. The maximum atomic E-state index is 9.26. The summed E-state index contributed by atoms with van der Waals surface area (Å²) in [7, 11) is 0. The third-order valence-corrected chi connectivity index (χ3v) is 3.63. The van der Waals surface area contributed by atoms with Crippen LogP contribution in [0.5, 0.6) is 5.75 Å². The molecule has 2 aromatic carbocycles. The summed E-state index contributed by atoms with van der Waals surface area (Å²) in [6.45, 7) is 3.07. The highest BCUT2D eigenvalue weighted by molar-refractivity contribution is 5.26. The Kier molecular flexibility index (Phi) is 5.78. The Morgan fingerprint density at radius 2 is 1.71 bits per heavy atom. The van der Waals surface area contributed by atoms with Gasteiger partial charge < -0.3 is 15.5 Å². The van der Waals surface area contributed by atoms with E-state index in [1.54, 1.807) is 12.1 Å². The third kappa shape index (κ3) is 5.21. The summed E-state index contributed by atoms with van der Waals surface area (Å²) in [5.41, 5.74) is 3.38. The number of aromatic hydroxyl groups is 1. The van der Waals surface area contributed by atoms with Crippen LogP contribution in [0.2, 0.25) is 0 Å². The van der Waals surface area contributed by atoms with Gasteiger partial charge in [-0.2, -0.15) is 0 Å². The molecule has 0 aliphatic carbocycles. The van der Waals surface area contributed by atoms with E-state index in [-0.39, 0.29) is 6.61 Å². The standard InChI is InChI=1S/C18H23NO2/c1-14(5-6-15-7-9-18(21)10-8-15)19-12-16-3-2-4-17(11-16)13-20/h2-4,7-11,14,19-21H,5-6,12-13H2,1H3. The second-order valence-corrected chi connectivity index (χ2v) is 5.47. The van der Waals surface area contributed by atoms with Gasteiger partial charge in [0.15, 0.2) is 0 Å². The van der Waals surface area contributed by atoms with Crippen molar-refractivity contribution in [1.82, 2.24) is 5.32 Å². The second kappa shape index (κ2) is 7.81. The zero-order valence-electron chi connectivity index (χ0n) is 12.4. The number of aliphatic hydroxyl groups excluding tert-OH is 1. The number of aliphatic hydroxyl groups is 1. The number of hydrogen-bond donors (Lipinski definition) is 3. The van der Waals surface area contributed by atoms with Crippen molar-refractivity contribution in [2.75, 3.05) is 0 Å². The van der Waals surface area contributed by atoms with E-state index in [9.17, 15) is 5.11 Å². The Labute approximate surface area is 126 Å². The Hall–Kier alpha value is -1.84. The van der Waals surface area contributed by atoms with Crippen molar-refractivity contribution in [3.63, 3.8) is 0 Å². The van der Waals surface area contributed by atoms with Gasteiger partial charge >= 0.3 is 0 Å². The molecule has 3 heteroatoms. The zero-order chi connectivity index (χ0) is 15.1. The molecule has 1 unspecified atom stereocenters. The fourth-order valence-electron chi connectivity index (χ4n) is 2.28. The van der Waals surface area contributed by atoms with Crippen LogP contribution in [0, 0.1) is 0 Å². The Morgan fingerprint density at radius 3 is 2.43 bits per heavy atom. The maximum absolute atomic E-state index is 9.26. The molecule has 0 heterocycles. The van der Waals surface area contributed by atoms with Crippen molar-refractivity contribution in [2.24, 2.45) is 0 Å². The number of hydrogen-bond acceptors (Lipinski definition) is 3. The molecule has 112 valence electrons. The van der Waals surface area contributed by atoms with Crippen molar-refractivity contribution < 1.29 is 10.2 Å². The van der Waals surface area contributed by atoms with Gasteiger partial charge in [-0.25, -0.2) is 0 Å². The predicted molar refractivity (Wildman–Crippen MR) is 85.1 cm³/mol. The number of benzene rings is 2. The van der Waals surface area contributed by atoms with E-state index in [1.165, 1.54) is 11.1 Å². The summed E-state index contributed by atoms with van der Waals surface area (Å²) < 4.78 is 0. The quantitative estimate of drug-likeness (QED) is 0.733. The number of phenols is 1. The second-order valence-electron chi connectivity index (χ2n) is 5.47. The third-order valence-electron chi connectivity index (χ3n) is 3.63. The molecule has 3 N–H and O–H groups in total. The van der Waals surface area contributed by atoms with Crippen LogP contribution in [0.25, 0.3) is 0 Å².